The Morgan fingerprint density at radius 2 is 2.00 bits per heavy atom. The van der Waals surface area contributed by atoms with Crippen LogP contribution < -0.4 is 4.74 Å². The molecule has 5 heteroatoms. The molecule has 0 aliphatic heterocycles. The van der Waals surface area contributed by atoms with Crippen molar-refractivity contribution in [3.63, 3.8) is 0 Å². The Morgan fingerprint density at radius 3 is 2.47 bits per heavy atom. The summed E-state index contributed by atoms with van der Waals surface area (Å²) in [7, 11) is 1.51. The van der Waals surface area contributed by atoms with Gasteiger partial charge in [0.2, 0.25) is 0 Å². The molecular weight excluding hydrogens is 303 g/mol. The number of alkyl halides is 1. The van der Waals surface area contributed by atoms with Gasteiger partial charge in [0.25, 0.3) is 0 Å². The lowest BCUT2D eigenvalue weighted by Crippen LogP contribution is -2.02. The van der Waals surface area contributed by atoms with E-state index in [1.54, 1.807) is 12.1 Å². The predicted molar refractivity (Wildman–Crippen MR) is 65.4 cm³/mol. The Morgan fingerprint density at radius 1 is 1.40 bits per heavy atom. The number of hydrogen-bond acceptors (Lipinski definition) is 2. The van der Waals surface area contributed by atoms with Crippen molar-refractivity contribution in [2.75, 3.05) is 7.11 Å². The third kappa shape index (κ3) is 2.65. The molecule has 0 spiro atoms. The number of carbonyl (C=O) groups is 1. The highest BCUT2D eigenvalue weighted by Crippen LogP contribution is 2.39. The normalized spacial score (nSPS) is 12.3. The second kappa shape index (κ2) is 5.19. The van der Waals surface area contributed by atoms with Gasteiger partial charge >= 0.3 is 0 Å². The van der Waals surface area contributed by atoms with Crippen molar-refractivity contribution in [1.29, 1.82) is 0 Å². The van der Waals surface area contributed by atoms with E-state index in [1.807, 2.05) is 0 Å². The molecule has 1 unspecified atom stereocenters. The number of carbonyl (C=O) groups excluding carboxylic acids is 1. The van der Waals surface area contributed by atoms with Crippen LogP contribution in [-0.4, -0.2) is 12.9 Å². The summed E-state index contributed by atoms with van der Waals surface area (Å²) in [4.78, 5) is 10.7. The highest BCUT2D eigenvalue weighted by atomic mass is 79.9. The first-order valence-corrected chi connectivity index (χ1v) is 5.82. The molecular formula is C10H9BrCl2O2. The van der Waals surface area contributed by atoms with Gasteiger partial charge in [0.1, 0.15) is 16.6 Å². The molecule has 1 aromatic carbocycles. The van der Waals surface area contributed by atoms with Gasteiger partial charge in [-0.3, -0.25) is 4.79 Å². The lowest BCUT2D eigenvalue weighted by atomic mass is 10.1. The molecule has 1 atom stereocenters. The van der Waals surface area contributed by atoms with Crippen LogP contribution in [0.15, 0.2) is 12.1 Å². The first kappa shape index (κ1) is 12.8. The molecule has 1 rings (SSSR count). The number of halogens is 3. The number of ketones is 1. The summed E-state index contributed by atoms with van der Waals surface area (Å²) in [6.07, 6.45) is 0. The first-order valence-electron chi connectivity index (χ1n) is 4.15. The summed E-state index contributed by atoms with van der Waals surface area (Å²) in [5.74, 6) is 0.465. The zero-order valence-electron chi connectivity index (χ0n) is 8.18. The maximum Gasteiger partial charge on any atom is 0.147 e. The van der Waals surface area contributed by atoms with Crippen LogP contribution in [0.3, 0.4) is 0 Å². The number of benzene rings is 1. The summed E-state index contributed by atoms with van der Waals surface area (Å²) in [6.45, 7) is 1.48. The van der Waals surface area contributed by atoms with Crippen LogP contribution in [0.1, 0.15) is 17.3 Å². The second-order valence-corrected chi connectivity index (χ2v) is 4.63. The van der Waals surface area contributed by atoms with E-state index in [0.717, 1.165) is 0 Å². The Kier molecular flexibility index (Phi) is 4.44. The van der Waals surface area contributed by atoms with Crippen LogP contribution in [0, 0.1) is 0 Å². The number of hydrogen-bond donors (Lipinski definition) is 0. The molecule has 0 saturated heterocycles. The Balaban J connectivity index is 3.23. The molecule has 0 radical (unpaired) electrons. The molecule has 0 N–H and O–H groups in total. The molecule has 0 aromatic heterocycles. The fourth-order valence-corrected chi connectivity index (χ4v) is 2.15. The molecule has 0 heterocycles. The molecule has 2 nitrogen and oxygen atoms in total. The van der Waals surface area contributed by atoms with Gasteiger partial charge < -0.3 is 4.74 Å². The monoisotopic (exact) mass is 310 g/mol. The van der Waals surface area contributed by atoms with Crippen molar-refractivity contribution in [2.24, 2.45) is 0 Å². The molecule has 15 heavy (non-hydrogen) atoms. The van der Waals surface area contributed by atoms with Gasteiger partial charge in [-0.15, -0.1) is 0 Å². The molecule has 0 amide bonds. The molecule has 0 bridgehead atoms. The molecule has 0 saturated carbocycles. The topological polar surface area (TPSA) is 26.3 Å². The van der Waals surface area contributed by atoms with E-state index >= 15 is 0 Å². The highest BCUT2D eigenvalue weighted by molar-refractivity contribution is 9.09. The predicted octanol–water partition coefficient (Wildman–Crippen LogP) is 4.03. The fourth-order valence-electron chi connectivity index (χ4n) is 1.12. The van der Waals surface area contributed by atoms with Crippen molar-refractivity contribution in [3.8, 4) is 5.75 Å². The zero-order valence-corrected chi connectivity index (χ0v) is 11.3. The number of ether oxygens (including phenoxy) is 1. The molecule has 82 valence electrons. The van der Waals surface area contributed by atoms with Gasteiger partial charge in [-0.05, 0) is 18.6 Å². The van der Waals surface area contributed by atoms with Crippen LogP contribution in [0.25, 0.3) is 0 Å². The minimum absolute atomic E-state index is 0.0295. The molecule has 0 aliphatic carbocycles. The lowest BCUT2D eigenvalue weighted by Gasteiger charge is -2.12. The molecule has 0 aliphatic rings. The smallest absolute Gasteiger partial charge is 0.147 e. The van der Waals surface area contributed by atoms with Crippen molar-refractivity contribution >= 4 is 44.9 Å². The Labute approximate surface area is 107 Å². The number of methoxy groups -OCH3 is 1. The van der Waals surface area contributed by atoms with E-state index in [9.17, 15) is 4.79 Å². The van der Waals surface area contributed by atoms with E-state index in [0.29, 0.717) is 21.4 Å². The molecule has 0 fully saturated rings. The van der Waals surface area contributed by atoms with Gasteiger partial charge in [0.05, 0.1) is 17.0 Å². The second-order valence-electron chi connectivity index (χ2n) is 2.96. The van der Waals surface area contributed by atoms with E-state index in [-0.39, 0.29) is 5.78 Å². The SMILES string of the molecule is COc1ccc(C(Br)C(C)=O)c(Cl)c1Cl. The lowest BCUT2D eigenvalue weighted by molar-refractivity contribution is -0.116. The Hall–Kier alpha value is -0.250. The summed E-state index contributed by atoms with van der Waals surface area (Å²) in [5, 5.41) is 0.662. The van der Waals surface area contributed by atoms with Gasteiger partial charge in [-0.25, -0.2) is 0 Å². The van der Waals surface area contributed by atoms with Crippen LogP contribution in [-0.2, 0) is 4.79 Å². The number of Topliss-reactive ketones (excluding diaryl/α,β-unsaturated/α-hetero) is 1. The van der Waals surface area contributed by atoms with Crippen molar-refractivity contribution in [1.82, 2.24) is 0 Å². The molecule has 1 aromatic rings. The van der Waals surface area contributed by atoms with Crippen LogP contribution >= 0.6 is 39.1 Å². The highest BCUT2D eigenvalue weighted by Gasteiger charge is 2.19. The first-order chi connectivity index (χ1) is 6.99. The number of rotatable bonds is 3. The summed E-state index contributed by atoms with van der Waals surface area (Å²) in [5.41, 5.74) is 0.648. The fraction of sp³-hybridized carbons (Fsp3) is 0.300. The van der Waals surface area contributed by atoms with Crippen LogP contribution in [0.5, 0.6) is 5.75 Å². The largest absolute Gasteiger partial charge is 0.495 e. The average molecular weight is 312 g/mol. The zero-order chi connectivity index (χ0) is 11.6. The third-order valence-corrected chi connectivity index (χ3v) is 3.94. The van der Waals surface area contributed by atoms with Gasteiger partial charge in [-0.2, -0.15) is 0 Å². The summed E-state index contributed by atoms with van der Waals surface area (Å²) in [6, 6.07) is 3.40. The van der Waals surface area contributed by atoms with Crippen molar-refractivity contribution in [3.05, 3.63) is 27.7 Å². The quantitative estimate of drug-likeness (QED) is 0.788. The Bertz CT molecular complexity index is 393. The minimum Gasteiger partial charge on any atom is -0.495 e. The van der Waals surface area contributed by atoms with E-state index < -0.39 is 4.83 Å². The van der Waals surface area contributed by atoms with E-state index in [4.69, 9.17) is 27.9 Å². The third-order valence-electron chi connectivity index (χ3n) is 1.93. The van der Waals surface area contributed by atoms with Gasteiger partial charge in [0, 0.05) is 0 Å². The standard InChI is InChI=1S/C10H9BrCl2O2/c1-5(14)8(11)6-3-4-7(15-2)10(13)9(6)12/h3-4,8H,1-2H3. The van der Waals surface area contributed by atoms with E-state index in [2.05, 4.69) is 15.9 Å². The minimum atomic E-state index is -0.437. The van der Waals surface area contributed by atoms with Crippen molar-refractivity contribution in [2.45, 2.75) is 11.8 Å². The average Bonchev–Trinajstić information content (AvgIpc) is 2.21. The maximum absolute atomic E-state index is 11.2. The summed E-state index contributed by atoms with van der Waals surface area (Å²) < 4.78 is 5.00. The van der Waals surface area contributed by atoms with Gasteiger partial charge in [0.15, 0.2) is 0 Å². The van der Waals surface area contributed by atoms with Crippen molar-refractivity contribution < 1.29 is 9.53 Å². The van der Waals surface area contributed by atoms with E-state index in [1.165, 1.54) is 14.0 Å². The maximum atomic E-state index is 11.2. The van der Waals surface area contributed by atoms with Crippen LogP contribution in [0.2, 0.25) is 10.0 Å². The van der Waals surface area contributed by atoms with Crippen LogP contribution in [0.4, 0.5) is 0 Å². The summed E-state index contributed by atoms with van der Waals surface area (Å²) >= 11 is 15.2. The van der Waals surface area contributed by atoms with Gasteiger partial charge in [-0.1, -0.05) is 45.2 Å².